The fourth-order valence-corrected chi connectivity index (χ4v) is 1.11. The molecule has 0 bridgehead atoms. The standard InChI is InChI=1S/C10H19N5O/c1-7-13-8(15-16-7)6-12-9(11-5)14-10(2,3)4/h6H2,1-5H3,(H2,11,12,14). The minimum absolute atomic E-state index is 0.0327. The van der Waals surface area contributed by atoms with Gasteiger partial charge in [-0.05, 0) is 20.8 Å². The summed E-state index contributed by atoms with van der Waals surface area (Å²) in [7, 11) is 1.72. The molecule has 16 heavy (non-hydrogen) atoms. The van der Waals surface area contributed by atoms with Crippen molar-refractivity contribution in [2.75, 3.05) is 7.05 Å². The van der Waals surface area contributed by atoms with Gasteiger partial charge < -0.3 is 15.2 Å². The van der Waals surface area contributed by atoms with Gasteiger partial charge in [0.05, 0.1) is 6.54 Å². The highest BCUT2D eigenvalue weighted by Crippen LogP contribution is 1.98. The number of aromatic nitrogens is 2. The van der Waals surface area contributed by atoms with Gasteiger partial charge in [-0.1, -0.05) is 5.16 Å². The van der Waals surface area contributed by atoms with Crippen LogP contribution in [0.2, 0.25) is 0 Å². The van der Waals surface area contributed by atoms with E-state index in [-0.39, 0.29) is 5.54 Å². The first-order valence-electron chi connectivity index (χ1n) is 5.19. The van der Waals surface area contributed by atoms with Crippen LogP contribution in [0.4, 0.5) is 0 Å². The third-order valence-electron chi connectivity index (χ3n) is 1.70. The van der Waals surface area contributed by atoms with Gasteiger partial charge >= 0.3 is 0 Å². The maximum atomic E-state index is 4.87. The number of nitrogens with zero attached hydrogens (tertiary/aromatic N) is 3. The number of guanidine groups is 1. The van der Waals surface area contributed by atoms with Gasteiger partial charge in [0.1, 0.15) is 0 Å². The molecule has 1 aromatic heterocycles. The minimum Gasteiger partial charge on any atom is -0.352 e. The highest BCUT2D eigenvalue weighted by atomic mass is 16.5. The van der Waals surface area contributed by atoms with E-state index < -0.39 is 0 Å². The van der Waals surface area contributed by atoms with E-state index in [0.29, 0.717) is 18.3 Å². The number of hydrogen-bond acceptors (Lipinski definition) is 4. The van der Waals surface area contributed by atoms with E-state index >= 15 is 0 Å². The fourth-order valence-electron chi connectivity index (χ4n) is 1.11. The van der Waals surface area contributed by atoms with Crippen molar-refractivity contribution in [3.63, 3.8) is 0 Å². The summed E-state index contributed by atoms with van der Waals surface area (Å²) in [5.74, 6) is 1.90. The van der Waals surface area contributed by atoms with Crippen LogP contribution in [0.25, 0.3) is 0 Å². The summed E-state index contributed by atoms with van der Waals surface area (Å²) in [5, 5.41) is 10.1. The third-order valence-corrected chi connectivity index (χ3v) is 1.70. The number of nitrogens with one attached hydrogen (secondary N) is 2. The van der Waals surface area contributed by atoms with Gasteiger partial charge in [-0.15, -0.1) is 0 Å². The van der Waals surface area contributed by atoms with Crippen molar-refractivity contribution < 1.29 is 4.52 Å². The lowest BCUT2D eigenvalue weighted by Gasteiger charge is -2.23. The summed E-state index contributed by atoms with van der Waals surface area (Å²) in [6, 6.07) is 0. The Labute approximate surface area is 95.5 Å². The van der Waals surface area contributed by atoms with Crippen molar-refractivity contribution in [1.29, 1.82) is 0 Å². The van der Waals surface area contributed by atoms with Crippen LogP contribution in [0.5, 0.6) is 0 Å². The molecular formula is C10H19N5O. The molecule has 0 spiro atoms. The van der Waals surface area contributed by atoms with Crippen molar-refractivity contribution in [3.05, 3.63) is 11.7 Å². The Morgan fingerprint density at radius 2 is 2.12 bits per heavy atom. The highest BCUT2D eigenvalue weighted by Gasteiger charge is 2.12. The van der Waals surface area contributed by atoms with Crippen molar-refractivity contribution in [2.45, 2.75) is 39.8 Å². The maximum Gasteiger partial charge on any atom is 0.223 e. The lowest BCUT2D eigenvalue weighted by Crippen LogP contribution is -2.47. The molecule has 6 heteroatoms. The summed E-state index contributed by atoms with van der Waals surface area (Å²) in [5.41, 5.74) is -0.0327. The second-order valence-corrected chi connectivity index (χ2v) is 4.53. The van der Waals surface area contributed by atoms with Crippen molar-refractivity contribution in [1.82, 2.24) is 20.8 Å². The summed E-state index contributed by atoms with van der Waals surface area (Å²) in [6.45, 7) is 8.46. The molecule has 0 unspecified atom stereocenters. The van der Waals surface area contributed by atoms with Crippen LogP contribution in [-0.2, 0) is 6.54 Å². The van der Waals surface area contributed by atoms with Crippen LogP contribution >= 0.6 is 0 Å². The molecule has 0 amide bonds. The summed E-state index contributed by atoms with van der Waals surface area (Å²) >= 11 is 0. The van der Waals surface area contributed by atoms with E-state index in [1.54, 1.807) is 14.0 Å². The zero-order chi connectivity index (χ0) is 12.2. The molecule has 0 fully saturated rings. The molecule has 0 saturated carbocycles. The first kappa shape index (κ1) is 12.5. The molecule has 1 heterocycles. The lowest BCUT2D eigenvalue weighted by atomic mass is 10.1. The first-order valence-corrected chi connectivity index (χ1v) is 5.19. The topological polar surface area (TPSA) is 75.3 Å². The molecule has 0 saturated heterocycles. The van der Waals surface area contributed by atoms with E-state index in [9.17, 15) is 0 Å². The molecule has 0 atom stereocenters. The zero-order valence-electron chi connectivity index (χ0n) is 10.5. The van der Waals surface area contributed by atoms with Crippen molar-refractivity contribution >= 4 is 5.96 Å². The van der Waals surface area contributed by atoms with Gasteiger partial charge in [-0.3, -0.25) is 4.99 Å². The average Bonchev–Trinajstić information content (AvgIpc) is 2.57. The normalized spacial score (nSPS) is 12.7. The van der Waals surface area contributed by atoms with E-state index in [0.717, 1.165) is 5.96 Å². The Bertz CT molecular complexity index is 364. The van der Waals surface area contributed by atoms with E-state index in [1.165, 1.54) is 0 Å². The third kappa shape index (κ3) is 4.29. The Balaban J connectivity index is 2.47. The molecule has 0 radical (unpaired) electrons. The average molecular weight is 225 g/mol. The second-order valence-electron chi connectivity index (χ2n) is 4.53. The monoisotopic (exact) mass is 225 g/mol. The Morgan fingerprint density at radius 3 is 2.56 bits per heavy atom. The fraction of sp³-hybridized carbons (Fsp3) is 0.700. The molecule has 1 rings (SSSR count). The smallest absolute Gasteiger partial charge is 0.223 e. The Kier molecular flexibility index (Phi) is 3.87. The van der Waals surface area contributed by atoms with E-state index in [1.807, 2.05) is 0 Å². The largest absolute Gasteiger partial charge is 0.352 e. The highest BCUT2D eigenvalue weighted by molar-refractivity contribution is 5.80. The van der Waals surface area contributed by atoms with Crippen LogP contribution in [0.15, 0.2) is 9.52 Å². The molecule has 1 aromatic rings. The maximum absolute atomic E-state index is 4.87. The van der Waals surface area contributed by atoms with Gasteiger partial charge in [-0.2, -0.15) is 4.98 Å². The van der Waals surface area contributed by atoms with Crippen LogP contribution in [-0.4, -0.2) is 28.7 Å². The van der Waals surface area contributed by atoms with E-state index in [4.69, 9.17) is 4.52 Å². The second kappa shape index (κ2) is 4.96. The lowest BCUT2D eigenvalue weighted by molar-refractivity contribution is 0.386. The van der Waals surface area contributed by atoms with Gasteiger partial charge in [0.2, 0.25) is 5.89 Å². The molecule has 0 aliphatic heterocycles. The van der Waals surface area contributed by atoms with E-state index in [2.05, 4.69) is 46.5 Å². The molecule has 2 N–H and O–H groups in total. The molecule has 0 aliphatic carbocycles. The molecule has 0 aliphatic rings. The van der Waals surface area contributed by atoms with Gasteiger partial charge in [0.15, 0.2) is 11.8 Å². The molecule has 0 aromatic carbocycles. The van der Waals surface area contributed by atoms with Gasteiger partial charge in [0.25, 0.3) is 0 Å². The van der Waals surface area contributed by atoms with Crippen molar-refractivity contribution in [3.8, 4) is 0 Å². The van der Waals surface area contributed by atoms with Gasteiger partial charge in [0, 0.05) is 19.5 Å². The predicted octanol–water partition coefficient (Wildman–Crippen LogP) is 0.842. The number of rotatable bonds is 2. The first-order chi connectivity index (χ1) is 7.40. The van der Waals surface area contributed by atoms with Crippen LogP contribution < -0.4 is 10.6 Å². The Morgan fingerprint density at radius 1 is 1.44 bits per heavy atom. The zero-order valence-corrected chi connectivity index (χ0v) is 10.5. The molecule has 6 nitrogen and oxygen atoms in total. The van der Waals surface area contributed by atoms with Crippen LogP contribution in [0.3, 0.4) is 0 Å². The number of hydrogen-bond donors (Lipinski definition) is 2. The van der Waals surface area contributed by atoms with Crippen LogP contribution in [0, 0.1) is 6.92 Å². The quantitative estimate of drug-likeness (QED) is 0.576. The SMILES string of the molecule is CN=C(NCc1noc(C)n1)NC(C)(C)C. The predicted molar refractivity (Wildman–Crippen MR) is 62.1 cm³/mol. The molecule has 90 valence electrons. The number of aliphatic imine (C=N–C) groups is 1. The minimum atomic E-state index is -0.0327. The summed E-state index contributed by atoms with van der Waals surface area (Å²) in [4.78, 5) is 8.19. The number of aryl methyl sites for hydroxylation is 1. The summed E-state index contributed by atoms with van der Waals surface area (Å²) in [6.07, 6.45) is 0. The van der Waals surface area contributed by atoms with Crippen LogP contribution in [0.1, 0.15) is 32.5 Å². The van der Waals surface area contributed by atoms with Gasteiger partial charge in [-0.25, -0.2) is 0 Å². The Hall–Kier alpha value is -1.59. The molecular weight excluding hydrogens is 206 g/mol. The van der Waals surface area contributed by atoms with Crippen molar-refractivity contribution in [2.24, 2.45) is 4.99 Å². The summed E-state index contributed by atoms with van der Waals surface area (Å²) < 4.78 is 4.87.